The van der Waals surface area contributed by atoms with Crippen LogP contribution in [0.15, 0.2) is 54.9 Å². The maximum Gasteiger partial charge on any atom is 0.267 e. The standard InChI is InChI=1S/C21H24N4O3.C2H6/c26-14-13-25(12-9-18-7-10-22-21-19(18)8-11-23-21)15-17-3-1-16(2-4-17)5-6-20(27)24-28;1-2/h1-8,10-11,26,28H,9,12-15H2,(H,22,23)(H,24,27);1-2H3/b6-5+;. The predicted octanol–water partition coefficient (Wildman–Crippen LogP) is 3.14. The van der Waals surface area contributed by atoms with Crippen molar-refractivity contribution in [2.75, 3.05) is 19.7 Å². The number of carbonyl (C=O) groups excluding carboxylic acids is 1. The number of aromatic nitrogens is 2. The monoisotopic (exact) mass is 410 g/mol. The first-order valence-corrected chi connectivity index (χ1v) is 10.1. The minimum absolute atomic E-state index is 0.104. The second-order valence-electron chi connectivity index (χ2n) is 6.51. The van der Waals surface area contributed by atoms with Crippen molar-refractivity contribution in [3.8, 4) is 0 Å². The van der Waals surface area contributed by atoms with Crippen molar-refractivity contribution < 1.29 is 15.1 Å². The third-order valence-corrected chi connectivity index (χ3v) is 4.59. The van der Waals surface area contributed by atoms with Gasteiger partial charge in [0.25, 0.3) is 5.91 Å². The van der Waals surface area contributed by atoms with Gasteiger partial charge in [0.15, 0.2) is 0 Å². The van der Waals surface area contributed by atoms with E-state index in [4.69, 9.17) is 5.21 Å². The lowest BCUT2D eigenvalue weighted by atomic mass is 10.1. The molecule has 3 aromatic rings. The van der Waals surface area contributed by atoms with E-state index in [-0.39, 0.29) is 6.61 Å². The number of amides is 1. The number of carbonyl (C=O) groups is 1. The third-order valence-electron chi connectivity index (χ3n) is 4.59. The topological polar surface area (TPSA) is 101 Å². The van der Waals surface area contributed by atoms with Gasteiger partial charge >= 0.3 is 0 Å². The minimum atomic E-state index is -0.564. The fourth-order valence-electron chi connectivity index (χ4n) is 3.13. The van der Waals surface area contributed by atoms with Gasteiger partial charge in [-0.2, -0.15) is 0 Å². The first-order chi connectivity index (χ1) is 14.7. The van der Waals surface area contributed by atoms with Gasteiger partial charge in [0.1, 0.15) is 5.65 Å². The molecule has 0 aliphatic carbocycles. The molecule has 1 aromatic carbocycles. The van der Waals surface area contributed by atoms with Crippen LogP contribution in [-0.4, -0.2) is 50.8 Å². The Morgan fingerprint density at radius 1 is 1.17 bits per heavy atom. The molecule has 0 saturated carbocycles. The molecule has 0 bridgehead atoms. The van der Waals surface area contributed by atoms with Crippen LogP contribution >= 0.6 is 0 Å². The van der Waals surface area contributed by atoms with Crippen molar-refractivity contribution in [1.82, 2.24) is 20.3 Å². The number of nitrogens with one attached hydrogen (secondary N) is 2. The summed E-state index contributed by atoms with van der Waals surface area (Å²) in [6, 6.07) is 11.9. The molecule has 0 radical (unpaired) electrons. The zero-order chi connectivity index (χ0) is 21.8. The Balaban J connectivity index is 0.00000155. The number of aliphatic hydroxyl groups excluding tert-OH is 1. The number of nitrogens with zero attached hydrogens (tertiary/aromatic N) is 2. The number of fused-ring (bicyclic) bond motifs is 1. The van der Waals surface area contributed by atoms with Crippen molar-refractivity contribution >= 4 is 23.0 Å². The number of hydrogen-bond donors (Lipinski definition) is 4. The Morgan fingerprint density at radius 2 is 1.93 bits per heavy atom. The van der Waals surface area contributed by atoms with Crippen LogP contribution < -0.4 is 5.48 Å². The molecular weight excluding hydrogens is 380 g/mol. The van der Waals surface area contributed by atoms with Crippen LogP contribution in [0.25, 0.3) is 17.1 Å². The van der Waals surface area contributed by atoms with Gasteiger partial charge in [0.2, 0.25) is 0 Å². The number of hydrogen-bond acceptors (Lipinski definition) is 5. The first-order valence-electron chi connectivity index (χ1n) is 10.1. The summed E-state index contributed by atoms with van der Waals surface area (Å²) < 4.78 is 0. The van der Waals surface area contributed by atoms with E-state index in [1.807, 2.05) is 62.6 Å². The van der Waals surface area contributed by atoms with Crippen molar-refractivity contribution in [3.05, 3.63) is 71.6 Å². The number of H-pyrrole nitrogens is 1. The number of aliphatic hydroxyl groups is 1. The maximum absolute atomic E-state index is 11.0. The van der Waals surface area contributed by atoms with Crippen LogP contribution in [0, 0.1) is 0 Å². The van der Waals surface area contributed by atoms with E-state index in [0.717, 1.165) is 41.7 Å². The second-order valence-corrected chi connectivity index (χ2v) is 6.51. The van der Waals surface area contributed by atoms with Gasteiger partial charge in [-0.15, -0.1) is 0 Å². The van der Waals surface area contributed by atoms with Crippen molar-refractivity contribution in [3.63, 3.8) is 0 Å². The summed E-state index contributed by atoms with van der Waals surface area (Å²) in [7, 11) is 0. The number of pyridine rings is 1. The predicted molar refractivity (Wildman–Crippen MR) is 119 cm³/mol. The fraction of sp³-hybridized carbons (Fsp3) is 0.304. The smallest absolute Gasteiger partial charge is 0.267 e. The summed E-state index contributed by atoms with van der Waals surface area (Å²) in [5, 5.41) is 19.1. The van der Waals surface area contributed by atoms with Gasteiger partial charge in [-0.05, 0) is 41.3 Å². The van der Waals surface area contributed by atoms with Gasteiger partial charge in [-0.25, -0.2) is 10.5 Å². The molecule has 0 saturated heterocycles. The van der Waals surface area contributed by atoms with Crippen molar-refractivity contribution in [1.29, 1.82) is 0 Å². The number of hydroxylamine groups is 1. The SMILES string of the molecule is CC.O=C(/C=C/c1ccc(CN(CCO)CCc2ccnc3[nH]ccc23)cc1)NO. The van der Waals surface area contributed by atoms with E-state index in [9.17, 15) is 9.90 Å². The molecule has 0 spiro atoms. The molecule has 1 amide bonds. The molecule has 0 aliphatic rings. The molecule has 160 valence electrons. The molecule has 30 heavy (non-hydrogen) atoms. The van der Waals surface area contributed by atoms with Gasteiger partial charge in [-0.3, -0.25) is 14.9 Å². The molecule has 7 heteroatoms. The number of rotatable bonds is 9. The van der Waals surface area contributed by atoms with Gasteiger partial charge < -0.3 is 10.1 Å². The quantitative estimate of drug-likeness (QED) is 0.247. The molecule has 3 rings (SSSR count). The van der Waals surface area contributed by atoms with Gasteiger partial charge in [0, 0.05) is 43.5 Å². The number of aromatic amines is 1. The molecule has 0 unspecified atom stereocenters. The second kappa shape index (κ2) is 12.5. The van der Waals surface area contributed by atoms with Gasteiger partial charge in [-0.1, -0.05) is 38.1 Å². The zero-order valence-corrected chi connectivity index (χ0v) is 17.5. The summed E-state index contributed by atoms with van der Waals surface area (Å²) in [5.74, 6) is -0.564. The molecule has 2 heterocycles. The fourth-order valence-corrected chi connectivity index (χ4v) is 3.13. The average Bonchev–Trinajstić information content (AvgIpc) is 3.28. The summed E-state index contributed by atoms with van der Waals surface area (Å²) >= 11 is 0. The highest BCUT2D eigenvalue weighted by Gasteiger charge is 2.09. The Labute approximate surface area is 177 Å². The van der Waals surface area contributed by atoms with E-state index >= 15 is 0 Å². The van der Waals surface area contributed by atoms with E-state index in [1.165, 1.54) is 11.6 Å². The Kier molecular flexibility index (Phi) is 9.73. The maximum atomic E-state index is 11.0. The zero-order valence-electron chi connectivity index (χ0n) is 17.5. The number of benzene rings is 1. The van der Waals surface area contributed by atoms with Crippen molar-refractivity contribution in [2.45, 2.75) is 26.8 Å². The van der Waals surface area contributed by atoms with Crippen LogP contribution in [0.3, 0.4) is 0 Å². The van der Waals surface area contributed by atoms with E-state index < -0.39 is 5.91 Å². The normalized spacial score (nSPS) is 11.0. The molecule has 0 atom stereocenters. The van der Waals surface area contributed by atoms with Crippen LogP contribution in [0.1, 0.15) is 30.5 Å². The van der Waals surface area contributed by atoms with Crippen LogP contribution in [0.2, 0.25) is 0 Å². The first kappa shape index (κ1) is 23.3. The van der Waals surface area contributed by atoms with Crippen molar-refractivity contribution in [2.24, 2.45) is 0 Å². The molecule has 2 aromatic heterocycles. The molecule has 4 N–H and O–H groups in total. The third kappa shape index (κ3) is 6.81. The summed E-state index contributed by atoms with van der Waals surface area (Å²) in [6.45, 7) is 6.25. The largest absolute Gasteiger partial charge is 0.395 e. The van der Waals surface area contributed by atoms with Gasteiger partial charge in [0.05, 0.1) is 6.61 Å². The summed E-state index contributed by atoms with van der Waals surface area (Å²) in [6.07, 6.45) is 7.48. The lowest BCUT2D eigenvalue weighted by Gasteiger charge is -2.21. The molecular formula is C23H30N4O3. The van der Waals surface area contributed by atoms with Crippen LogP contribution in [0.5, 0.6) is 0 Å². The molecule has 0 aliphatic heterocycles. The lowest BCUT2D eigenvalue weighted by Crippen LogP contribution is -2.28. The van der Waals surface area contributed by atoms with E-state index in [1.54, 1.807) is 11.6 Å². The summed E-state index contributed by atoms with van der Waals surface area (Å²) in [5.41, 5.74) is 5.68. The van der Waals surface area contributed by atoms with E-state index in [2.05, 4.69) is 14.9 Å². The summed E-state index contributed by atoms with van der Waals surface area (Å²) in [4.78, 5) is 20.7. The lowest BCUT2D eigenvalue weighted by molar-refractivity contribution is -0.124. The minimum Gasteiger partial charge on any atom is -0.395 e. The molecule has 0 fully saturated rings. The van der Waals surface area contributed by atoms with Crippen LogP contribution in [0.4, 0.5) is 0 Å². The Hall–Kier alpha value is -3.00. The highest BCUT2D eigenvalue weighted by molar-refractivity contribution is 5.90. The Bertz CT molecular complexity index is 935. The van der Waals surface area contributed by atoms with E-state index in [0.29, 0.717) is 6.54 Å². The highest BCUT2D eigenvalue weighted by atomic mass is 16.5. The van der Waals surface area contributed by atoms with Crippen LogP contribution in [-0.2, 0) is 17.8 Å². The average molecular weight is 411 g/mol. The molecule has 7 nitrogen and oxygen atoms in total. The Morgan fingerprint density at radius 3 is 2.63 bits per heavy atom. The highest BCUT2D eigenvalue weighted by Crippen LogP contribution is 2.16.